The van der Waals surface area contributed by atoms with Crippen molar-refractivity contribution in [2.75, 3.05) is 26.2 Å². The Morgan fingerprint density at radius 3 is 2.59 bits per heavy atom. The molecule has 0 saturated carbocycles. The number of halogens is 3. The van der Waals surface area contributed by atoms with Gasteiger partial charge in [-0.05, 0) is 61.2 Å². The zero-order valence-corrected chi connectivity index (χ0v) is 22.6. The van der Waals surface area contributed by atoms with Crippen molar-refractivity contribution < 1.29 is 23.5 Å². The molecule has 1 aliphatic rings. The SMILES string of the molecule is O=C1CN(C(=O)c2ccc(F)c(Cl)c2)CCCCNC(=O)c2cc(Cl)ccc2OC[C@@H](Cc2ccccc2)N1. The number of carbonyl (C=O) groups is 3. The number of amides is 3. The summed E-state index contributed by atoms with van der Waals surface area (Å²) in [6.07, 6.45) is 1.53. The monoisotopic (exact) mass is 571 g/mol. The van der Waals surface area contributed by atoms with Crippen LogP contribution in [0.1, 0.15) is 39.1 Å². The second-order valence-corrected chi connectivity index (χ2v) is 10.1. The number of carbonyl (C=O) groups excluding carboxylic acids is 3. The largest absolute Gasteiger partial charge is 0.491 e. The van der Waals surface area contributed by atoms with Gasteiger partial charge in [0.1, 0.15) is 18.2 Å². The van der Waals surface area contributed by atoms with Crippen LogP contribution in [0.25, 0.3) is 0 Å². The minimum atomic E-state index is -0.634. The molecule has 3 amide bonds. The molecule has 39 heavy (non-hydrogen) atoms. The fraction of sp³-hybridized carbons (Fsp3) is 0.276. The molecule has 0 radical (unpaired) electrons. The second-order valence-electron chi connectivity index (χ2n) is 9.22. The van der Waals surface area contributed by atoms with Crippen LogP contribution in [0.2, 0.25) is 10.0 Å². The first-order chi connectivity index (χ1) is 18.8. The molecule has 0 saturated heterocycles. The standard InChI is InChI=1S/C29H28Cl2FN3O4/c30-21-9-11-26-23(16-21)28(37)33-12-4-5-13-35(29(38)20-8-10-25(32)24(31)15-20)17-27(36)34-22(18-39-26)14-19-6-2-1-3-7-19/h1-3,6-11,15-16,22H,4-5,12-14,17-18H2,(H,33,37)(H,34,36)/t22-/m1/s1. The van der Waals surface area contributed by atoms with Gasteiger partial charge >= 0.3 is 0 Å². The van der Waals surface area contributed by atoms with Crippen molar-refractivity contribution in [1.29, 1.82) is 0 Å². The average Bonchev–Trinajstić information content (AvgIpc) is 2.92. The molecule has 0 aliphatic carbocycles. The molecule has 0 bridgehead atoms. The lowest BCUT2D eigenvalue weighted by Crippen LogP contribution is -2.47. The van der Waals surface area contributed by atoms with Gasteiger partial charge in [0, 0.05) is 23.7 Å². The van der Waals surface area contributed by atoms with Gasteiger partial charge in [-0.1, -0.05) is 53.5 Å². The van der Waals surface area contributed by atoms with Gasteiger partial charge in [0.25, 0.3) is 11.8 Å². The van der Waals surface area contributed by atoms with Crippen LogP contribution in [0.15, 0.2) is 66.7 Å². The number of hydrogen-bond acceptors (Lipinski definition) is 4. The Balaban J connectivity index is 1.59. The molecule has 0 fully saturated rings. The molecule has 10 heteroatoms. The average molecular weight is 572 g/mol. The summed E-state index contributed by atoms with van der Waals surface area (Å²) in [4.78, 5) is 40.8. The molecular formula is C29H28Cl2FN3O4. The third-order valence-corrected chi connectivity index (χ3v) is 6.77. The van der Waals surface area contributed by atoms with E-state index in [-0.39, 0.29) is 42.1 Å². The van der Waals surface area contributed by atoms with E-state index < -0.39 is 17.8 Å². The Morgan fingerprint density at radius 2 is 1.82 bits per heavy atom. The van der Waals surface area contributed by atoms with Crippen molar-refractivity contribution in [2.45, 2.75) is 25.3 Å². The van der Waals surface area contributed by atoms with E-state index >= 15 is 0 Å². The fourth-order valence-electron chi connectivity index (χ4n) is 4.28. The van der Waals surface area contributed by atoms with E-state index in [1.165, 1.54) is 17.0 Å². The van der Waals surface area contributed by atoms with E-state index in [0.717, 1.165) is 11.6 Å². The van der Waals surface area contributed by atoms with Crippen molar-refractivity contribution in [3.8, 4) is 5.75 Å². The molecule has 1 aliphatic heterocycles. The van der Waals surface area contributed by atoms with Crippen LogP contribution < -0.4 is 15.4 Å². The van der Waals surface area contributed by atoms with Crippen LogP contribution in [0.4, 0.5) is 4.39 Å². The second kappa shape index (κ2) is 13.4. The molecule has 1 atom stereocenters. The third kappa shape index (κ3) is 7.94. The first-order valence-electron chi connectivity index (χ1n) is 12.6. The summed E-state index contributed by atoms with van der Waals surface area (Å²) in [5, 5.41) is 6.06. The predicted octanol–water partition coefficient (Wildman–Crippen LogP) is 4.90. The summed E-state index contributed by atoms with van der Waals surface area (Å²) >= 11 is 12.0. The summed E-state index contributed by atoms with van der Waals surface area (Å²) in [5.74, 6) is -1.44. The zero-order valence-electron chi connectivity index (χ0n) is 21.1. The normalized spacial score (nSPS) is 17.1. The van der Waals surface area contributed by atoms with Crippen LogP contribution in [0, 0.1) is 5.82 Å². The number of ether oxygens (including phenoxy) is 1. The number of nitrogens with one attached hydrogen (secondary N) is 2. The summed E-state index contributed by atoms with van der Waals surface area (Å²) in [5.41, 5.74) is 1.45. The quantitative estimate of drug-likeness (QED) is 0.468. The highest BCUT2D eigenvalue weighted by Gasteiger charge is 2.23. The maximum Gasteiger partial charge on any atom is 0.255 e. The third-order valence-electron chi connectivity index (χ3n) is 6.24. The van der Waals surface area contributed by atoms with Gasteiger partial charge in [-0.25, -0.2) is 4.39 Å². The summed E-state index contributed by atoms with van der Waals surface area (Å²) in [6, 6.07) is 17.6. The van der Waals surface area contributed by atoms with E-state index in [0.29, 0.717) is 42.1 Å². The molecule has 1 heterocycles. The minimum absolute atomic E-state index is 0.0735. The molecule has 3 aromatic rings. The first kappa shape index (κ1) is 28.4. The minimum Gasteiger partial charge on any atom is -0.491 e. The zero-order chi connectivity index (χ0) is 27.8. The molecule has 0 aromatic heterocycles. The Kier molecular flexibility index (Phi) is 9.79. The lowest BCUT2D eigenvalue weighted by atomic mass is 10.1. The number of rotatable bonds is 3. The molecule has 4 rings (SSSR count). The van der Waals surface area contributed by atoms with Crippen molar-refractivity contribution in [1.82, 2.24) is 15.5 Å². The highest BCUT2D eigenvalue weighted by Crippen LogP contribution is 2.24. The van der Waals surface area contributed by atoms with Gasteiger partial charge in [-0.3, -0.25) is 14.4 Å². The highest BCUT2D eigenvalue weighted by molar-refractivity contribution is 6.31. The van der Waals surface area contributed by atoms with E-state index in [9.17, 15) is 18.8 Å². The summed E-state index contributed by atoms with van der Waals surface area (Å²) < 4.78 is 19.7. The molecule has 0 unspecified atom stereocenters. The lowest BCUT2D eigenvalue weighted by Gasteiger charge is -2.25. The molecule has 0 spiro atoms. The number of fused-ring (bicyclic) bond motifs is 1. The predicted molar refractivity (Wildman–Crippen MR) is 148 cm³/mol. The maximum atomic E-state index is 13.7. The Bertz CT molecular complexity index is 1340. The Labute approximate surface area is 236 Å². The van der Waals surface area contributed by atoms with Gasteiger partial charge in [0.15, 0.2) is 0 Å². The topological polar surface area (TPSA) is 87.7 Å². The van der Waals surface area contributed by atoms with Gasteiger partial charge in [-0.15, -0.1) is 0 Å². The van der Waals surface area contributed by atoms with Gasteiger partial charge < -0.3 is 20.3 Å². The van der Waals surface area contributed by atoms with Gasteiger partial charge in [0.05, 0.1) is 23.2 Å². The molecule has 204 valence electrons. The lowest BCUT2D eigenvalue weighted by molar-refractivity contribution is -0.122. The van der Waals surface area contributed by atoms with E-state index in [4.69, 9.17) is 27.9 Å². The summed E-state index contributed by atoms with van der Waals surface area (Å²) in [6.45, 7) is 0.457. The number of hydrogen-bond donors (Lipinski definition) is 2. The van der Waals surface area contributed by atoms with E-state index in [2.05, 4.69) is 10.6 Å². The highest BCUT2D eigenvalue weighted by atomic mass is 35.5. The molecule has 7 nitrogen and oxygen atoms in total. The van der Waals surface area contributed by atoms with Crippen LogP contribution in [-0.2, 0) is 11.2 Å². The van der Waals surface area contributed by atoms with Crippen molar-refractivity contribution >= 4 is 40.9 Å². The van der Waals surface area contributed by atoms with Crippen molar-refractivity contribution in [3.63, 3.8) is 0 Å². The molecule has 2 N–H and O–H groups in total. The smallest absolute Gasteiger partial charge is 0.255 e. The van der Waals surface area contributed by atoms with Crippen molar-refractivity contribution in [2.24, 2.45) is 0 Å². The fourth-order valence-corrected chi connectivity index (χ4v) is 4.63. The van der Waals surface area contributed by atoms with E-state index in [1.807, 2.05) is 30.3 Å². The Hall–Kier alpha value is -3.62. The number of benzene rings is 3. The van der Waals surface area contributed by atoms with Crippen molar-refractivity contribution in [3.05, 3.63) is 99.3 Å². The molecule has 3 aromatic carbocycles. The van der Waals surface area contributed by atoms with Crippen LogP contribution in [0.5, 0.6) is 5.75 Å². The van der Waals surface area contributed by atoms with Crippen LogP contribution in [-0.4, -0.2) is 54.9 Å². The van der Waals surface area contributed by atoms with Crippen LogP contribution in [0.3, 0.4) is 0 Å². The van der Waals surface area contributed by atoms with E-state index in [1.54, 1.807) is 18.2 Å². The first-order valence-corrected chi connectivity index (χ1v) is 13.3. The van der Waals surface area contributed by atoms with Gasteiger partial charge in [-0.2, -0.15) is 0 Å². The molecular weight excluding hydrogens is 544 g/mol. The summed E-state index contributed by atoms with van der Waals surface area (Å²) in [7, 11) is 0. The number of nitrogens with zero attached hydrogens (tertiary/aromatic N) is 1. The van der Waals surface area contributed by atoms with Gasteiger partial charge in [0.2, 0.25) is 5.91 Å². The van der Waals surface area contributed by atoms with Crippen LogP contribution >= 0.6 is 23.2 Å². The maximum absolute atomic E-state index is 13.7. The Morgan fingerprint density at radius 1 is 1.03 bits per heavy atom.